The number of anilines is 1. The number of nitrogens with zero attached hydrogens (tertiary/aromatic N) is 2. The molecule has 134 valence electrons. The van der Waals surface area contributed by atoms with Crippen LogP contribution in [0.4, 0.5) is 5.69 Å². The van der Waals surface area contributed by atoms with Crippen molar-refractivity contribution in [1.29, 1.82) is 0 Å². The molecule has 0 saturated carbocycles. The lowest BCUT2D eigenvalue weighted by Crippen LogP contribution is -2.51. The van der Waals surface area contributed by atoms with Gasteiger partial charge in [0.25, 0.3) is 5.91 Å². The van der Waals surface area contributed by atoms with Crippen molar-refractivity contribution in [2.24, 2.45) is 5.73 Å². The van der Waals surface area contributed by atoms with Crippen molar-refractivity contribution in [1.82, 2.24) is 9.80 Å². The number of hydrogen-bond acceptors (Lipinski definition) is 5. The number of furan rings is 1. The van der Waals surface area contributed by atoms with Crippen molar-refractivity contribution in [3.8, 4) is 0 Å². The molecule has 1 aromatic heterocycles. The molecule has 7 nitrogen and oxygen atoms in total. The molecule has 0 spiro atoms. The van der Waals surface area contributed by atoms with Crippen molar-refractivity contribution < 1.29 is 14.0 Å². The van der Waals surface area contributed by atoms with Crippen LogP contribution in [0, 0.1) is 0 Å². The van der Waals surface area contributed by atoms with Crippen LogP contribution in [0.25, 0.3) is 11.0 Å². The summed E-state index contributed by atoms with van der Waals surface area (Å²) < 4.78 is 6.34. The summed E-state index contributed by atoms with van der Waals surface area (Å²) in [5, 5.41) is 3.48. The number of fused-ring (bicyclic) bond motifs is 1. The second kappa shape index (κ2) is 7.15. The predicted molar refractivity (Wildman–Crippen MR) is 99.6 cm³/mol. The number of rotatable bonds is 4. The molecule has 1 aliphatic heterocycles. The van der Waals surface area contributed by atoms with E-state index >= 15 is 0 Å². The van der Waals surface area contributed by atoms with E-state index in [1.54, 1.807) is 18.2 Å². The molecule has 2 aromatic rings. The molecule has 1 fully saturated rings. The van der Waals surface area contributed by atoms with Crippen LogP contribution >= 0.6 is 15.9 Å². The van der Waals surface area contributed by atoms with E-state index in [4.69, 9.17) is 10.2 Å². The highest BCUT2D eigenvalue weighted by atomic mass is 79.9. The minimum atomic E-state index is -0.713. The quantitative estimate of drug-likeness (QED) is 0.805. The second-order valence-corrected chi connectivity index (χ2v) is 7.23. The minimum Gasteiger partial charge on any atom is -0.449 e. The highest BCUT2D eigenvalue weighted by Crippen LogP contribution is 2.33. The van der Waals surface area contributed by atoms with Gasteiger partial charge < -0.3 is 20.4 Å². The fraction of sp³-hybridized carbons (Fsp3) is 0.412. The van der Waals surface area contributed by atoms with Crippen molar-refractivity contribution in [3.63, 3.8) is 0 Å². The number of likely N-dealkylation sites (N-methyl/N-ethyl adjacent to an activating group) is 1. The van der Waals surface area contributed by atoms with Crippen LogP contribution in [0.5, 0.6) is 0 Å². The SMILES string of the molecule is CC(C(=O)Nc1c(C(N)=O)oc2ccc(Br)cc12)N1CCN(C)CC1. The molecule has 1 atom stereocenters. The third-order valence-electron chi connectivity index (χ3n) is 4.59. The lowest BCUT2D eigenvalue weighted by atomic mass is 10.2. The van der Waals surface area contributed by atoms with E-state index in [1.807, 2.05) is 6.92 Å². The number of halogens is 1. The van der Waals surface area contributed by atoms with Gasteiger partial charge in [-0.25, -0.2) is 0 Å². The number of carbonyl (C=O) groups is 2. The molecule has 1 aromatic carbocycles. The summed E-state index contributed by atoms with van der Waals surface area (Å²) >= 11 is 3.39. The van der Waals surface area contributed by atoms with Crippen molar-refractivity contribution in [2.75, 3.05) is 38.5 Å². The zero-order valence-electron chi connectivity index (χ0n) is 14.2. The van der Waals surface area contributed by atoms with Gasteiger partial charge in [-0.15, -0.1) is 0 Å². The van der Waals surface area contributed by atoms with Gasteiger partial charge >= 0.3 is 0 Å². The van der Waals surface area contributed by atoms with E-state index in [2.05, 4.69) is 38.1 Å². The molecule has 25 heavy (non-hydrogen) atoms. The summed E-state index contributed by atoms with van der Waals surface area (Å²) in [6.07, 6.45) is 0. The lowest BCUT2D eigenvalue weighted by molar-refractivity contribution is -0.121. The molecule has 0 bridgehead atoms. The van der Waals surface area contributed by atoms with E-state index < -0.39 is 5.91 Å². The third-order valence-corrected chi connectivity index (χ3v) is 5.08. The minimum absolute atomic E-state index is 0.0352. The normalized spacial score (nSPS) is 17.6. The maximum atomic E-state index is 12.7. The Labute approximate surface area is 154 Å². The number of nitrogens with two attached hydrogens (primary N) is 1. The first kappa shape index (κ1) is 17.9. The molecule has 1 saturated heterocycles. The van der Waals surface area contributed by atoms with Gasteiger partial charge in [-0.05, 0) is 32.2 Å². The van der Waals surface area contributed by atoms with E-state index in [0.29, 0.717) is 16.7 Å². The first-order chi connectivity index (χ1) is 11.9. The average molecular weight is 409 g/mol. The van der Waals surface area contributed by atoms with Gasteiger partial charge in [0.15, 0.2) is 0 Å². The van der Waals surface area contributed by atoms with Gasteiger partial charge in [0, 0.05) is 36.0 Å². The van der Waals surface area contributed by atoms with Crippen LogP contribution in [0.2, 0.25) is 0 Å². The zero-order valence-corrected chi connectivity index (χ0v) is 15.8. The molecule has 0 radical (unpaired) electrons. The number of nitrogens with one attached hydrogen (secondary N) is 1. The van der Waals surface area contributed by atoms with Gasteiger partial charge in [0.1, 0.15) is 11.3 Å². The Hall–Kier alpha value is -1.90. The molecule has 8 heteroatoms. The standard InChI is InChI=1S/C17H21BrN4O3/c1-10(22-7-5-21(2)6-8-22)17(24)20-14-12-9-11(18)3-4-13(12)25-15(14)16(19)23/h3-4,9-10H,5-8H2,1-2H3,(H2,19,23)(H,20,24). The Balaban J connectivity index is 1.86. The average Bonchev–Trinajstić information content (AvgIpc) is 2.93. The second-order valence-electron chi connectivity index (χ2n) is 6.32. The Morgan fingerprint density at radius 2 is 1.96 bits per heavy atom. The van der Waals surface area contributed by atoms with Gasteiger partial charge in [0.2, 0.25) is 11.7 Å². The van der Waals surface area contributed by atoms with E-state index in [9.17, 15) is 9.59 Å². The largest absolute Gasteiger partial charge is 0.449 e. The number of piperazine rings is 1. The van der Waals surface area contributed by atoms with E-state index in [1.165, 1.54) is 0 Å². The van der Waals surface area contributed by atoms with Crippen LogP contribution < -0.4 is 11.1 Å². The molecule has 2 amide bonds. The zero-order chi connectivity index (χ0) is 18.1. The maximum Gasteiger partial charge on any atom is 0.286 e. The van der Waals surface area contributed by atoms with Crippen molar-refractivity contribution in [2.45, 2.75) is 13.0 Å². The first-order valence-corrected chi connectivity index (χ1v) is 8.91. The van der Waals surface area contributed by atoms with Crippen LogP contribution in [0.1, 0.15) is 17.5 Å². The predicted octanol–water partition coefficient (Wildman–Crippen LogP) is 1.87. The smallest absolute Gasteiger partial charge is 0.286 e. The topological polar surface area (TPSA) is 91.8 Å². The first-order valence-electron chi connectivity index (χ1n) is 8.12. The number of primary amides is 1. The Bertz CT molecular complexity index is 812. The molecule has 3 rings (SSSR count). The van der Waals surface area contributed by atoms with Gasteiger partial charge in [0.05, 0.1) is 6.04 Å². The highest BCUT2D eigenvalue weighted by molar-refractivity contribution is 9.10. The summed E-state index contributed by atoms with van der Waals surface area (Å²) in [4.78, 5) is 28.8. The highest BCUT2D eigenvalue weighted by Gasteiger charge is 2.27. The Morgan fingerprint density at radius 3 is 2.60 bits per heavy atom. The molecule has 2 heterocycles. The molecular formula is C17H21BrN4O3. The van der Waals surface area contributed by atoms with Crippen LogP contribution in [-0.2, 0) is 4.79 Å². The monoisotopic (exact) mass is 408 g/mol. The summed E-state index contributed by atoms with van der Waals surface area (Å²) in [7, 11) is 2.07. The summed E-state index contributed by atoms with van der Waals surface area (Å²) in [6, 6.07) is 5.01. The summed E-state index contributed by atoms with van der Waals surface area (Å²) in [5.41, 5.74) is 6.24. The maximum absolute atomic E-state index is 12.7. The van der Waals surface area contributed by atoms with Crippen LogP contribution in [-0.4, -0.2) is 60.9 Å². The summed E-state index contributed by atoms with van der Waals surface area (Å²) in [6.45, 7) is 5.36. The number of hydrogen-bond donors (Lipinski definition) is 2. The van der Waals surface area contributed by atoms with Crippen molar-refractivity contribution >= 4 is 44.4 Å². The summed E-state index contributed by atoms with van der Waals surface area (Å²) in [5.74, 6) is -0.934. The molecular weight excluding hydrogens is 388 g/mol. The van der Waals surface area contributed by atoms with Gasteiger partial charge in [-0.3, -0.25) is 14.5 Å². The van der Waals surface area contributed by atoms with Crippen molar-refractivity contribution in [3.05, 3.63) is 28.4 Å². The molecule has 1 aliphatic rings. The Kier molecular flexibility index (Phi) is 5.12. The van der Waals surface area contributed by atoms with Gasteiger partial charge in [-0.2, -0.15) is 0 Å². The third kappa shape index (κ3) is 3.70. The Morgan fingerprint density at radius 1 is 1.28 bits per heavy atom. The van der Waals surface area contributed by atoms with Gasteiger partial charge in [-0.1, -0.05) is 15.9 Å². The number of benzene rings is 1. The number of carbonyl (C=O) groups excluding carboxylic acids is 2. The van der Waals surface area contributed by atoms with E-state index in [0.717, 1.165) is 30.7 Å². The van der Waals surface area contributed by atoms with Crippen LogP contribution in [0.15, 0.2) is 27.1 Å². The van der Waals surface area contributed by atoms with E-state index in [-0.39, 0.29) is 17.7 Å². The van der Waals surface area contributed by atoms with Crippen LogP contribution in [0.3, 0.4) is 0 Å². The molecule has 3 N–H and O–H groups in total. The number of amides is 2. The molecule has 1 unspecified atom stereocenters. The fourth-order valence-electron chi connectivity index (χ4n) is 2.97. The molecule has 0 aliphatic carbocycles. The lowest BCUT2D eigenvalue weighted by Gasteiger charge is -2.35. The fourth-order valence-corrected chi connectivity index (χ4v) is 3.33.